The lowest BCUT2D eigenvalue weighted by Crippen LogP contribution is -2.47. The number of halogens is 1. The summed E-state index contributed by atoms with van der Waals surface area (Å²) in [6, 6.07) is 12.2. The van der Waals surface area contributed by atoms with Gasteiger partial charge in [-0.2, -0.15) is 0 Å². The van der Waals surface area contributed by atoms with Crippen molar-refractivity contribution in [3.63, 3.8) is 0 Å². The van der Waals surface area contributed by atoms with Gasteiger partial charge in [0.1, 0.15) is 5.75 Å². The molecule has 2 amide bonds. The summed E-state index contributed by atoms with van der Waals surface area (Å²) in [5.74, 6) is 0.128. The first-order chi connectivity index (χ1) is 14.0. The summed E-state index contributed by atoms with van der Waals surface area (Å²) in [4.78, 5) is 29.2. The van der Waals surface area contributed by atoms with Crippen molar-refractivity contribution in [2.75, 3.05) is 45.7 Å². The Bertz CT molecular complexity index is 904. The van der Waals surface area contributed by atoms with E-state index < -0.39 is 0 Å². The molecule has 0 spiro atoms. The van der Waals surface area contributed by atoms with Gasteiger partial charge in [-0.3, -0.25) is 9.59 Å². The van der Waals surface area contributed by atoms with Gasteiger partial charge < -0.3 is 19.9 Å². The third-order valence-electron chi connectivity index (χ3n) is 4.79. The van der Waals surface area contributed by atoms with Gasteiger partial charge in [0.05, 0.1) is 12.8 Å². The van der Waals surface area contributed by atoms with Crippen LogP contribution in [0.25, 0.3) is 6.08 Å². The van der Waals surface area contributed by atoms with Crippen molar-refractivity contribution in [1.82, 2.24) is 9.80 Å². The molecule has 1 aliphatic rings. The number of rotatable bonds is 5. The van der Waals surface area contributed by atoms with Crippen LogP contribution in [0.15, 0.2) is 48.5 Å². The van der Waals surface area contributed by atoms with Crippen molar-refractivity contribution >= 4 is 35.2 Å². The number of likely N-dealkylation sites (N-methyl/N-ethyl adjacent to an activating group) is 1. The number of carbonyl (C=O) groups excluding carboxylic acids is 2. The molecule has 29 heavy (non-hydrogen) atoms. The van der Waals surface area contributed by atoms with Crippen LogP contribution < -0.4 is 10.1 Å². The van der Waals surface area contributed by atoms with Crippen LogP contribution in [-0.2, 0) is 4.79 Å². The highest BCUT2D eigenvalue weighted by atomic mass is 35.5. The highest BCUT2D eigenvalue weighted by Crippen LogP contribution is 2.26. The fraction of sp³-hybridized carbons (Fsp3) is 0.273. The van der Waals surface area contributed by atoms with E-state index >= 15 is 0 Å². The molecular formula is C22H24ClN3O3. The molecule has 1 heterocycles. The number of anilines is 1. The van der Waals surface area contributed by atoms with E-state index in [4.69, 9.17) is 16.3 Å². The van der Waals surface area contributed by atoms with E-state index in [1.54, 1.807) is 36.4 Å². The molecule has 3 rings (SSSR count). The minimum atomic E-state index is -0.317. The molecule has 1 N–H and O–H groups in total. The number of methoxy groups -OCH3 is 1. The highest BCUT2D eigenvalue weighted by molar-refractivity contribution is 6.30. The van der Waals surface area contributed by atoms with Gasteiger partial charge in [-0.15, -0.1) is 0 Å². The molecule has 0 atom stereocenters. The first-order valence-corrected chi connectivity index (χ1v) is 9.74. The molecule has 1 fully saturated rings. The third-order valence-corrected chi connectivity index (χ3v) is 5.04. The lowest BCUT2D eigenvalue weighted by atomic mass is 10.1. The van der Waals surface area contributed by atoms with E-state index in [1.165, 1.54) is 13.2 Å². The number of hydrogen-bond acceptors (Lipinski definition) is 4. The second kappa shape index (κ2) is 9.58. The van der Waals surface area contributed by atoms with Gasteiger partial charge in [-0.05, 0) is 49.0 Å². The van der Waals surface area contributed by atoms with Crippen molar-refractivity contribution in [2.45, 2.75) is 0 Å². The predicted octanol–water partition coefficient (Wildman–Crippen LogP) is 3.39. The van der Waals surface area contributed by atoms with E-state index in [0.717, 1.165) is 18.7 Å². The lowest BCUT2D eigenvalue weighted by molar-refractivity contribution is -0.111. The molecule has 1 saturated heterocycles. The van der Waals surface area contributed by atoms with Crippen LogP contribution in [0.2, 0.25) is 5.02 Å². The first-order valence-electron chi connectivity index (χ1n) is 9.37. The Hall–Kier alpha value is -2.83. The van der Waals surface area contributed by atoms with Gasteiger partial charge in [0.2, 0.25) is 5.91 Å². The highest BCUT2D eigenvalue weighted by Gasteiger charge is 2.21. The van der Waals surface area contributed by atoms with Gasteiger partial charge in [0.15, 0.2) is 0 Å². The van der Waals surface area contributed by atoms with E-state index in [-0.39, 0.29) is 11.8 Å². The minimum absolute atomic E-state index is 0.0482. The normalized spacial score (nSPS) is 14.8. The summed E-state index contributed by atoms with van der Waals surface area (Å²) in [5.41, 5.74) is 1.83. The van der Waals surface area contributed by atoms with Crippen molar-refractivity contribution < 1.29 is 14.3 Å². The molecule has 0 aromatic heterocycles. The van der Waals surface area contributed by atoms with E-state index in [0.29, 0.717) is 35.1 Å². The minimum Gasteiger partial charge on any atom is -0.495 e. The van der Waals surface area contributed by atoms with Crippen LogP contribution in [0, 0.1) is 0 Å². The summed E-state index contributed by atoms with van der Waals surface area (Å²) in [7, 11) is 3.57. The standard InChI is InChI=1S/C22H24ClN3O3/c1-25-11-13-26(14-12-25)22(28)17-6-9-20(29-2)19(15-17)24-21(27)10-5-16-3-7-18(23)8-4-16/h3-10,15H,11-14H2,1-2H3,(H,24,27)/b10-5+. The number of piperazine rings is 1. The number of hydrogen-bond donors (Lipinski definition) is 1. The van der Waals surface area contributed by atoms with E-state index in [1.807, 2.05) is 24.1 Å². The Labute approximate surface area is 175 Å². The maximum atomic E-state index is 12.8. The molecule has 6 nitrogen and oxygen atoms in total. The molecule has 7 heteroatoms. The van der Waals surface area contributed by atoms with Crippen molar-refractivity contribution in [3.05, 3.63) is 64.7 Å². The van der Waals surface area contributed by atoms with Gasteiger partial charge >= 0.3 is 0 Å². The van der Waals surface area contributed by atoms with Crippen molar-refractivity contribution in [2.24, 2.45) is 0 Å². The Kier molecular flexibility index (Phi) is 6.90. The number of nitrogens with zero attached hydrogens (tertiary/aromatic N) is 2. The average molecular weight is 414 g/mol. The number of nitrogens with one attached hydrogen (secondary N) is 1. The summed E-state index contributed by atoms with van der Waals surface area (Å²) in [6.45, 7) is 3.07. The number of ether oxygens (including phenoxy) is 1. The number of benzene rings is 2. The zero-order valence-electron chi connectivity index (χ0n) is 16.5. The molecule has 0 unspecified atom stereocenters. The summed E-state index contributed by atoms with van der Waals surface area (Å²) in [5, 5.41) is 3.43. The molecular weight excluding hydrogens is 390 g/mol. The maximum absolute atomic E-state index is 12.8. The van der Waals surface area contributed by atoms with Gasteiger partial charge in [-0.25, -0.2) is 0 Å². The maximum Gasteiger partial charge on any atom is 0.254 e. The second-order valence-corrected chi connectivity index (χ2v) is 7.32. The number of amides is 2. The largest absolute Gasteiger partial charge is 0.495 e. The lowest BCUT2D eigenvalue weighted by Gasteiger charge is -2.32. The van der Waals surface area contributed by atoms with Crippen LogP contribution in [0.5, 0.6) is 5.75 Å². The summed E-state index contributed by atoms with van der Waals surface area (Å²) < 4.78 is 5.33. The fourth-order valence-corrected chi connectivity index (χ4v) is 3.18. The van der Waals surface area contributed by atoms with Crippen LogP contribution in [0.1, 0.15) is 15.9 Å². The van der Waals surface area contributed by atoms with E-state index in [2.05, 4.69) is 10.2 Å². The first kappa shape index (κ1) is 20.9. The van der Waals surface area contributed by atoms with Crippen LogP contribution >= 0.6 is 11.6 Å². The SMILES string of the molecule is COc1ccc(C(=O)N2CCN(C)CC2)cc1NC(=O)/C=C/c1ccc(Cl)cc1. The second-order valence-electron chi connectivity index (χ2n) is 6.88. The quantitative estimate of drug-likeness (QED) is 0.763. The van der Waals surface area contributed by atoms with Gasteiger partial charge in [0, 0.05) is 42.8 Å². The summed E-state index contributed by atoms with van der Waals surface area (Å²) >= 11 is 5.87. The Morgan fingerprint density at radius 3 is 2.41 bits per heavy atom. The molecule has 152 valence electrons. The topological polar surface area (TPSA) is 61.9 Å². The molecule has 1 aliphatic heterocycles. The molecule has 2 aromatic rings. The third kappa shape index (κ3) is 5.59. The molecule has 0 saturated carbocycles. The van der Waals surface area contributed by atoms with Gasteiger partial charge in [-0.1, -0.05) is 23.7 Å². The Morgan fingerprint density at radius 1 is 1.07 bits per heavy atom. The fourth-order valence-electron chi connectivity index (χ4n) is 3.05. The predicted molar refractivity (Wildman–Crippen MR) is 116 cm³/mol. The monoisotopic (exact) mass is 413 g/mol. The van der Waals surface area contributed by atoms with Gasteiger partial charge in [0.25, 0.3) is 5.91 Å². The zero-order chi connectivity index (χ0) is 20.8. The smallest absolute Gasteiger partial charge is 0.254 e. The van der Waals surface area contributed by atoms with Crippen molar-refractivity contribution in [1.29, 1.82) is 0 Å². The van der Waals surface area contributed by atoms with Crippen LogP contribution in [0.3, 0.4) is 0 Å². The molecule has 0 bridgehead atoms. The van der Waals surface area contributed by atoms with E-state index in [9.17, 15) is 9.59 Å². The average Bonchev–Trinajstić information content (AvgIpc) is 2.73. The van der Waals surface area contributed by atoms with Crippen LogP contribution in [-0.4, -0.2) is 62.0 Å². The molecule has 2 aromatic carbocycles. The zero-order valence-corrected chi connectivity index (χ0v) is 17.3. The Balaban J connectivity index is 1.72. The summed E-state index contributed by atoms with van der Waals surface area (Å²) in [6.07, 6.45) is 3.12. The Morgan fingerprint density at radius 2 is 1.76 bits per heavy atom. The molecule has 0 radical (unpaired) electrons. The van der Waals surface area contributed by atoms with Crippen LogP contribution in [0.4, 0.5) is 5.69 Å². The van der Waals surface area contributed by atoms with Crippen molar-refractivity contribution in [3.8, 4) is 5.75 Å². The molecule has 0 aliphatic carbocycles. The number of carbonyl (C=O) groups is 2.